The predicted molar refractivity (Wildman–Crippen MR) is 73.4 cm³/mol. The number of likely N-dealkylation sites (tertiary alicyclic amines) is 1. The number of nitrogens with zero attached hydrogens (tertiary/aromatic N) is 2. The zero-order valence-corrected chi connectivity index (χ0v) is 11.5. The molecule has 0 amide bonds. The molecule has 1 aliphatic heterocycles. The van der Waals surface area contributed by atoms with Gasteiger partial charge in [0.2, 0.25) is 5.82 Å². The van der Waals surface area contributed by atoms with Crippen LogP contribution in [0.2, 0.25) is 0 Å². The van der Waals surface area contributed by atoms with Crippen molar-refractivity contribution in [2.45, 2.75) is 38.3 Å². The van der Waals surface area contributed by atoms with E-state index in [0.29, 0.717) is 12.1 Å². The Bertz CT molecular complexity index is 550. The first kappa shape index (κ1) is 15.4. The Kier molecular flexibility index (Phi) is 4.85. The molecule has 7 heteroatoms. The van der Waals surface area contributed by atoms with Crippen LogP contribution in [0.4, 0.5) is 10.1 Å². The van der Waals surface area contributed by atoms with Crippen molar-refractivity contribution in [1.82, 2.24) is 4.90 Å². The highest BCUT2D eigenvalue weighted by atomic mass is 19.1. The summed E-state index contributed by atoms with van der Waals surface area (Å²) >= 11 is 0. The van der Waals surface area contributed by atoms with Gasteiger partial charge in [-0.25, -0.2) is 0 Å². The lowest BCUT2D eigenvalue weighted by Crippen LogP contribution is -2.40. The summed E-state index contributed by atoms with van der Waals surface area (Å²) in [5.41, 5.74) is 0.0786. The Morgan fingerprint density at radius 1 is 1.48 bits per heavy atom. The normalized spacial score (nSPS) is 19.4. The van der Waals surface area contributed by atoms with Crippen molar-refractivity contribution in [2.75, 3.05) is 6.54 Å². The van der Waals surface area contributed by atoms with Gasteiger partial charge >= 0.3 is 11.7 Å². The van der Waals surface area contributed by atoms with E-state index in [-0.39, 0.29) is 12.5 Å². The van der Waals surface area contributed by atoms with Crippen molar-refractivity contribution in [1.29, 1.82) is 0 Å². The molecule has 21 heavy (non-hydrogen) atoms. The molecule has 1 N–H and O–H groups in total. The summed E-state index contributed by atoms with van der Waals surface area (Å²) in [6, 6.07) is 3.77. The molecule has 1 unspecified atom stereocenters. The lowest BCUT2D eigenvalue weighted by atomic mass is 9.98. The molecule has 1 aliphatic rings. The smallest absolute Gasteiger partial charge is 0.304 e. The fraction of sp³-hybridized carbons (Fsp3) is 0.500. The predicted octanol–water partition coefficient (Wildman–Crippen LogP) is 2.56. The molecule has 6 nitrogen and oxygen atoms in total. The highest BCUT2D eigenvalue weighted by molar-refractivity contribution is 5.67. The third kappa shape index (κ3) is 3.98. The Hall–Kier alpha value is -2.02. The number of halogens is 1. The first-order chi connectivity index (χ1) is 9.97. The van der Waals surface area contributed by atoms with Gasteiger partial charge in [0.15, 0.2) is 0 Å². The number of rotatable bonds is 5. The molecule has 0 radical (unpaired) electrons. The maximum absolute atomic E-state index is 13.6. The van der Waals surface area contributed by atoms with Crippen molar-refractivity contribution < 1.29 is 19.2 Å². The second-order valence-electron chi connectivity index (χ2n) is 5.26. The zero-order chi connectivity index (χ0) is 15.4. The quantitative estimate of drug-likeness (QED) is 0.667. The molecule has 0 saturated carbocycles. The van der Waals surface area contributed by atoms with E-state index in [9.17, 15) is 19.3 Å². The Labute approximate surface area is 121 Å². The van der Waals surface area contributed by atoms with Crippen LogP contribution < -0.4 is 0 Å². The van der Waals surface area contributed by atoms with Gasteiger partial charge in [0.25, 0.3) is 0 Å². The molecule has 1 aromatic rings. The summed E-state index contributed by atoms with van der Waals surface area (Å²) in [5.74, 6) is -1.70. The topological polar surface area (TPSA) is 83.7 Å². The molecule has 1 aromatic carbocycles. The van der Waals surface area contributed by atoms with Crippen LogP contribution in [-0.4, -0.2) is 33.5 Å². The van der Waals surface area contributed by atoms with Gasteiger partial charge in [0.1, 0.15) is 0 Å². The highest BCUT2D eigenvalue weighted by Gasteiger charge is 2.25. The Balaban J connectivity index is 2.10. The van der Waals surface area contributed by atoms with E-state index in [0.717, 1.165) is 37.9 Å². The maximum atomic E-state index is 13.6. The van der Waals surface area contributed by atoms with Crippen molar-refractivity contribution in [3.63, 3.8) is 0 Å². The average molecular weight is 296 g/mol. The lowest BCUT2D eigenvalue weighted by Gasteiger charge is -2.34. The van der Waals surface area contributed by atoms with Crippen LogP contribution in [0, 0.1) is 15.9 Å². The first-order valence-electron chi connectivity index (χ1n) is 6.86. The summed E-state index contributed by atoms with van der Waals surface area (Å²) in [5, 5.41) is 19.5. The van der Waals surface area contributed by atoms with Crippen molar-refractivity contribution in [3.8, 4) is 0 Å². The van der Waals surface area contributed by atoms with E-state index < -0.39 is 22.4 Å². The molecule has 0 aliphatic carbocycles. The van der Waals surface area contributed by atoms with Crippen molar-refractivity contribution in [2.24, 2.45) is 0 Å². The second-order valence-corrected chi connectivity index (χ2v) is 5.26. The molecule has 0 spiro atoms. The molecule has 1 saturated heterocycles. The van der Waals surface area contributed by atoms with Gasteiger partial charge in [0.05, 0.1) is 11.3 Å². The van der Waals surface area contributed by atoms with E-state index in [2.05, 4.69) is 0 Å². The number of carboxylic acid groups (broad SMARTS) is 1. The molecular weight excluding hydrogens is 279 g/mol. The first-order valence-corrected chi connectivity index (χ1v) is 6.86. The van der Waals surface area contributed by atoms with Crippen LogP contribution in [0.3, 0.4) is 0 Å². The van der Waals surface area contributed by atoms with E-state index in [1.54, 1.807) is 0 Å². The third-order valence-corrected chi connectivity index (χ3v) is 3.75. The molecule has 1 atom stereocenters. The molecular formula is C14H17FN2O4. The summed E-state index contributed by atoms with van der Waals surface area (Å²) in [6.45, 7) is 1.17. The summed E-state index contributed by atoms with van der Waals surface area (Å²) < 4.78 is 13.6. The van der Waals surface area contributed by atoms with Crippen molar-refractivity contribution in [3.05, 3.63) is 39.7 Å². The standard InChI is InChI=1S/C14H17FN2O4/c15-12-7-10(4-5-13(12)17(20)21)9-16-6-2-1-3-11(16)8-14(18)19/h4-5,7,11H,1-3,6,8-9H2,(H,18,19). The zero-order valence-electron chi connectivity index (χ0n) is 11.5. The van der Waals surface area contributed by atoms with Gasteiger partial charge < -0.3 is 5.11 Å². The minimum atomic E-state index is -0.857. The second kappa shape index (κ2) is 6.62. The number of hydrogen-bond donors (Lipinski definition) is 1. The molecule has 2 rings (SSSR count). The van der Waals surface area contributed by atoms with E-state index in [1.165, 1.54) is 6.07 Å². The fourth-order valence-electron chi connectivity index (χ4n) is 2.73. The Morgan fingerprint density at radius 2 is 2.24 bits per heavy atom. The number of carbonyl (C=O) groups is 1. The monoisotopic (exact) mass is 296 g/mol. The van der Waals surface area contributed by atoms with Crippen LogP contribution in [0.25, 0.3) is 0 Å². The van der Waals surface area contributed by atoms with Crippen LogP contribution in [0.5, 0.6) is 0 Å². The number of nitro benzene ring substituents is 1. The summed E-state index contributed by atoms with van der Waals surface area (Å²) in [7, 11) is 0. The number of aliphatic carboxylic acids is 1. The van der Waals surface area contributed by atoms with Gasteiger partial charge in [-0.2, -0.15) is 4.39 Å². The number of carboxylic acids is 1. The SMILES string of the molecule is O=C(O)CC1CCCCN1Cc1ccc([N+](=O)[O-])c(F)c1. The third-order valence-electron chi connectivity index (χ3n) is 3.75. The summed E-state index contributed by atoms with van der Waals surface area (Å²) in [4.78, 5) is 22.7. The summed E-state index contributed by atoms with van der Waals surface area (Å²) in [6.07, 6.45) is 2.84. The number of nitro groups is 1. The fourth-order valence-corrected chi connectivity index (χ4v) is 2.73. The molecule has 1 heterocycles. The molecule has 0 bridgehead atoms. The van der Waals surface area contributed by atoms with E-state index in [4.69, 9.17) is 5.11 Å². The van der Waals surface area contributed by atoms with Gasteiger partial charge in [0, 0.05) is 18.7 Å². The van der Waals surface area contributed by atoms with Crippen LogP contribution in [0.1, 0.15) is 31.2 Å². The van der Waals surface area contributed by atoms with Crippen LogP contribution >= 0.6 is 0 Å². The average Bonchev–Trinajstić information content (AvgIpc) is 2.40. The minimum absolute atomic E-state index is 0.0606. The van der Waals surface area contributed by atoms with E-state index >= 15 is 0 Å². The Morgan fingerprint density at radius 3 is 2.86 bits per heavy atom. The number of hydrogen-bond acceptors (Lipinski definition) is 4. The van der Waals surface area contributed by atoms with Crippen LogP contribution in [0.15, 0.2) is 18.2 Å². The number of piperidine rings is 1. The minimum Gasteiger partial charge on any atom is -0.481 e. The van der Waals surface area contributed by atoms with Gasteiger partial charge in [-0.05, 0) is 31.0 Å². The number of benzene rings is 1. The van der Waals surface area contributed by atoms with Gasteiger partial charge in [-0.15, -0.1) is 0 Å². The maximum Gasteiger partial charge on any atom is 0.304 e. The molecule has 1 fully saturated rings. The van der Waals surface area contributed by atoms with Crippen molar-refractivity contribution >= 4 is 11.7 Å². The highest BCUT2D eigenvalue weighted by Crippen LogP contribution is 2.24. The largest absolute Gasteiger partial charge is 0.481 e. The van der Waals surface area contributed by atoms with Gasteiger partial charge in [-0.3, -0.25) is 19.8 Å². The van der Waals surface area contributed by atoms with Gasteiger partial charge in [-0.1, -0.05) is 12.5 Å². The van der Waals surface area contributed by atoms with E-state index in [1.807, 2.05) is 4.90 Å². The lowest BCUT2D eigenvalue weighted by molar-refractivity contribution is -0.387. The molecule has 0 aromatic heterocycles. The molecule has 114 valence electrons. The van der Waals surface area contributed by atoms with Crippen LogP contribution in [-0.2, 0) is 11.3 Å².